The van der Waals surface area contributed by atoms with Crippen LogP contribution >= 0.6 is 0 Å². The first-order chi connectivity index (χ1) is 8.66. The molecule has 98 valence electrons. The molecule has 2 rings (SSSR count). The number of hydrogen-bond acceptors (Lipinski definition) is 2. The lowest BCUT2D eigenvalue weighted by molar-refractivity contribution is -0.130. The van der Waals surface area contributed by atoms with Crippen LogP contribution in [0.5, 0.6) is 0 Å². The van der Waals surface area contributed by atoms with Crippen LogP contribution in [-0.4, -0.2) is 30.4 Å². The molecule has 0 bridgehead atoms. The van der Waals surface area contributed by atoms with Crippen LogP contribution < -0.4 is 5.32 Å². The molecule has 0 aromatic heterocycles. The topological polar surface area (TPSA) is 32.3 Å². The largest absolute Gasteiger partial charge is 0.376 e. The summed E-state index contributed by atoms with van der Waals surface area (Å²) in [6.45, 7) is 6.40. The van der Waals surface area contributed by atoms with Gasteiger partial charge in [-0.15, -0.1) is 0 Å². The second-order valence-electron chi connectivity index (χ2n) is 5.11. The van der Waals surface area contributed by atoms with Crippen molar-refractivity contribution in [2.75, 3.05) is 25.0 Å². The Morgan fingerprint density at radius 2 is 1.94 bits per heavy atom. The van der Waals surface area contributed by atoms with Gasteiger partial charge in [0.1, 0.15) is 0 Å². The minimum atomic E-state index is 0.217. The Morgan fingerprint density at radius 1 is 1.22 bits per heavy atom. The average Bonchev–Trinajstić information content (AvgIpc) is 2.38. The molecule has 1 amide bonds. The highest BCUT2D eigenvalue weighted by Crippen LogP contribution is 2.16. The first-order valence-corrected chi connectivity index (χ1v) is 6.76. The maximum Gasteiger partial charge on any atom is 0.241 e. The van der Waals surface area contributed by atoms with E-state index in [1.165, 1.54) is 17.5 Å². The molecule has 0 spiro atoms. The molecular weight excluding hydrogens is 224 g/mol. The number of rotatable bonds is 3. The Balaban J connectivity index is 1.88. The van der Waals surface area contributed by atoms with Gasteiger partial charge in [0.25, 0.3) is 0 Å². The summed E-state index contributed by atoms with van der Waals surface area (Å²) in [6.07, 6.45) is 3.55. The lowest BCUT2D eigenvalue weighted by Crippen LogP contribution is -2.39. The molecule has 1 aliphatic heterocycles. The molecule has 0 unspecified atom stereocenters. The zero-order valence-corrected chi connectivity index (χ0v) is 11.3. The van der Waals surface area contributed by atoms with Crippen LogP contribution in [0.4, 0.5) is 5.69 Å². The molecule has 3 heteroatoms. The predicted octanol–water partition coefficient (Wildman–Crippen LogP) is 2.73. The first kappa shape index (κ1) is 12.9. The predicted molar refractivity (Wildman–Crippen MR) is 74.8 cm³/mol. The van der Waals surface area contributed by atoms with Gasteiger partial charge >= 0.3 is 0 Å². The number of aryl methyl sites for hydroxylation is 2. The zero-order valence-electron chi connectivity index (χ0n) is 11.3. The van der Waals surface area contributed by atoms with E-state index in [1.807, 2.05) is 11.0 Å². The van der Waals surface area contributed by atoms with E-state index < -0.39 is 0 Å². The second kappa shape index (κ2) is 5.89. The van der Waals surface area contributed by atoms with Crippen molar-refractivity contribution in [2.24, 2.45) is 0 Å². The summed E-state index contributed by atoms with van der Waals surface area (Å²) in [7, 11) is 0. The lowest BCUT2D eigenvalue weighted by Gasteiger charge is -2.27. The molecule has 1 aromatic rings. The van der Waals surface area contributed by atoms with Gasteiger partial charge in [-0.3, -0.25) is 4.79 Å². The van der Waals surface area contributed by atoms with Gasteiger partial charge in [-0.2, -0.15) is 0 Å². The highest BCUT2D eigenvalue weighted by molar-refractivity contribution is 5.81. The molecule has 1 saturated heterocycles. The Morgan fingerprint density at radius 3 is 2.61 bits per heavy atom. The second-order valence-corrected chi connectivity index (χ2v) is 5.11. The van der Waals surface area contributed by atoms with Gasteiger partial charge in [0.15, 0.2) is 0 Å². The quantitative estimate of drug-likeness (QED) is 0.889. The van der Waals surface area contributed by atoms with E-state index >= 15 is 0 Å². The van der Waals surface area contributed by atoms with Crippen molar-refractivity contribution >= 4 is 11.6 Å². The summed E-state index contributed by atoms with van der Waals surface area (Å²) in [6, 6.07) is 6.25. The monoisotopic (exact) mass is 246 g/mol. The van der Waals surface area contributed by atoms with Gasteiger partial charge in [0.2, 0.25) is 5.91 Å². The van der Waals surface area contributed by atoms with Crippen LogP contribution in [0.25, 0.3) is 0 Å². The molecule has 1 N–H and O–H groups in total. The van der Waals surface area contributed by atoms with E-state index in [1.54, 1.807) is 0 Å². The van der Waals surface area contributed by atoms with Gasteiger partial charge in [-0.25, -0.2) is 0 Å². The maximum absolute atomic E-state index is 12.0. The average molecular weight is 246 g/mol. The fourth-order valence-electron chi connectivity index (χ4n) is 2.44. The van der Waals surface area contributed by atoms with Crippen LogP contribution in [0, 0.1) is 13.8 Å². The summed E-state index contributed by atoms with van der Waals surface area (Å²) in [5.74, 6) is 0.217. The van der Waals surface area contributed by atoms with E-state index in [0.29, 0.717) is 6.54 Å². The van der Waals surface area contributed by atoms with E-state index in [-0.39, 0.29) is 5.91 Å². The number of amides is 1. The van der Waals surface area contributed by atoms with Crippen molar-refractivity contribution in [3.63, 3.8) is 0 Å². The fourth-order valence-corrected chi connectivity index (χ4v) is 2.44. The molecule has 0 atom stereocenters. The summed E-state index contributed by atoms with van der Waals surface area (Å²) in [4.78, 5) is 14.0. The van der Waals surface area contributed by atoms with Gasteiger partial charge in [-0.05, 0) is 44.7 Å². The molecule has 1 heterocycles. The Kier molecular flexibility index (Phi) is 4.24. The van der Waals surface area contributed by atoms with Crippen molar-refractivity contribution < 1.29 is 4.79 Å². The van der Waals surface area contributed by atoms with Crippen molar-refractivity contribution in [3.8, 4) is 0 Å². The number of carbonyl (C=O) groups excluding carboxylic acids is 1. The third kappa shape index (κ3) is 3.25. The third-order valence-electron chi connectivity index (χ3n) is 3.52. The smallest absolute Gasteiger partial charge is 0.241 e. The van der Waals surface area contributed by atoms with Gasteiger partial charge < -0.3 is 10.2 Å². The van der Waals surface area contributed by atoms with Crippen molar-refractivity contribution in [3.05, 3.63) is 29.3 Å². The number of hydrogen-bond donors (Lipinski definition) is 1. The van der Waals surface area contributed by atoms with Crippen LogP contribution in [0.1, 0.15) is 30.4 Å². The number of nitrogens with zero attached hydrogens (tertiary/aromatic N) is 1. The normalized spacial score (nSPS) is 15.6. The minimum Gasteiger partial charge on any atom is -0.376 e. The Labute approximate surface area is 109 Å². The van der Waals surface area contributed by atoms with Crippen LogP contribution in [0.15, 0.2) is 18.2 Å². The van der Waals surface area contributed by atoms with Gasteiger partial charge in [0.05, 0.1) is 6.54 Å². The SMILES string of the molecule is Cc1ccc(NCC(=O)N2CCCCC2)c(C)c1. The van der Waals surface area contributed by atoms with Crippen LogP contribution in [0.2, 0.25) is 0 Å². The molecule has 1 fully saturated rings. The van der Waals surface area contributed by atoms with Crippen molar-refractivity contribution in [2.45, 2.75) is 33.1 Å². The maximum atomic E-state index is 12.0. The molecular formula is C15H22N2O. The molecule has 18 heavy (non-hydrogen) atoms. The van der Waals surface area contributed by atoms with Crippen molar-refractivity contribution in [1.82, 2.24) is 4.90 Å². The molecule has 1 aromatic carbocycles. The zero-order chi connectivity index (χ0) is 13.0. The summed E-state index contributed by atoms with van der Waals surface area (Å²) in [5.41, 5.74) is 3.51. The van der Waals surface area contributed by atoms with Gasteiger partial charge in [-0.1, -0.05) is 17.7 Å². The highest BCUT2D eigenvalue weighted by Gasteiger charge is 2.15. The number of nitrogens with one attached hydrogen (secondary N) is 1. The number of anilines is 1. The van der Waals surface area contributed by atoms with Crippen LogP contribution in [-0.2, 0) is 4.79 Å². The summed E-state index contributed by atoms with van der Waals surface area (Å²) < 4.78 is 0. The molecule has 1 aliphatic rings. The van der Waals surface area contributed by atoms with E-state index in [4.69, 9.17) is 0 Å². The number of benzene rings is 1. The number of carbonyl (C=O) groups is 1. The molecule has 3 nitrogen and oxygen atoms in total. The van der Waals surface area contributed by atoms with E-state index in [9.17, 15) is 4.79 Å². The Bertz CT molecular complexity index is 423. The summed E-state index contributed by atoms with van der Waals surface area (Å²) >= 11 is 0. The van der Waals surface area contributed by atoms with E-state index in [2.05, 4.69) is 31.3 Å². The van der Waals surface area contributed by atoms with E-state index in [0.717, 1.165) is 31.6 Å². The highest BCUT2D eigenvalue weighted by atomic mass is 16.2. The van der Waals surface area contributed by atoms with Crippen molar-refractivity contribution in [1.29, 1.82) is 0 Å². The Hall–Kier alpha value is -1.51. The number of piperidine rings is 1. The standard InChI is InChI=1S/C15H22N2O/c1-12-6-7-14(13(2)10-12)16-11-15(18)17-8-4-3-5-9-17/h6-7,10,16H,3-5,8-9,11H2,1-2H3. The molecule has 0 saturated carbocycles. The van der Waals surface area contributed by atoms with Crippen LogP contribution in [0.3, 0.4) is 0 Å². The molecule has 0 aliphatic carbocycles. The lowest BCUT2D eigenvalue weighted by atomic mass is 10.1. The third-order valence-corrected chi connectivity index (χ3v) is 3.52. The first-order valence-electron chi connectivity index (χ1n) is 6.76. The summed E-state index contributed by atoms with van der Waals surface area (Å²) in [5, 5.41) is 3.25. The number of likely N-dealkylation sites (tertiary alicyclic amines) is 1. The fraction of sp³-hybridized carbons (Fsp3) is 0.533. The van der Waals surface area contributed by atoms with Gasteiger partial charge in [0, 0.05) is 18.8 Å². The molecule has 0 radical (unpaired) electrons. The minimum absolute atomic E-state index is 0.217.